The van der Waals surface area contributed by atoms with Gasteiger partial charge in [-0.2, -0.15) is 5.10 Å². The molecule has 2 aromatic carbocycles. The number of carbonyl (C=O) groups is 1. The maximum absolute atomic E-state index is 15.0. The van der Waals surface area contributed by atoms with Crippen molar-refractivity contribution >= 4 is 39.6 Å². The largest absolute Gasteiger partial charge is 0.467 e. The molecular weight excluding hydrogens is 475 g/mol. The van der Waals surface area contributed by atoms with E-state index in [-0.39, 0.29) is 22.0 Å². The molecule has 11 heteroatoms. The van der Waals surface area contributed by atoms with Crippen LogP contribution < -0.4 is 4.74 Å². The Balaban J connectivity index is 1.52. The summed E-state index contributed by atoms with van der Waals surface area (Å²) in [5, 5.41) is 4.46. The zero-order valence-corrected chi connectivity index (χ0v) is 20.0. The summed E-state index contributed by atoms with van der Waals surface area (Å²) >= 11 is 6.61. The van der Waals surface area contributed by atoms with Crippen LogP contribution in [0.2, 0.25) is 5.02 Å². The van der Waals surface area contributed by atoms with E-state index in [1.165, 1.54) is 17.9 Å². The normalized spacial score (nSPS) is 11.8. The maximum atomic E-state index is 15.0. The molecule has 0 unspecified atom stereocenters. The summed E-state index contributed by atoms with van der Waals surface area (Å²) < 4.78 is 27.1. The van der Waals surface area contributed by atoms with E-state index in [4.69, 9.17) is 21.1 Å². The van der Waals surface area contributed by atoms with Gasteiger partial charge >= 0.3 is 5.97 Å². The number of nitrogens with one attached hydrogen (secondary N) is 1. The highest BCUT2D eigenvalue weighted by Gasteiger charge is 2.32. The summed E-state index contributed by atoms with van der Waals surface area (Å²) in [6, 6.07) is 6.49. The van der Waals surface area contributed by atoms with Crippen molar-refractivity contribution in [3.63, 3.8) is 0 Å². The number of H-pyrrole nitrogens is 1. The Labute approximate surface area is 203 Å². The van der Waals surface area contributed by atoms with E-state index >= 15 is 0 Å². The molecule has 1 N–H and O–H groups in total. The Morgan fingerprint density at radius 1 is 1.11 bits per heavy atom. The van der Waals surface area contributed by atoms with Crippen LogP contribution in [-0.2, 0) is 15.1 Å². The highest BCUT2D eigenvalue weighted by atomic mass is 35.5. The van der Waals surface area contributed by atoms with Crippen LogP contribution in [0.3, 0.4) is 0 Å². The second kappa shape index (κ2) is 8.31. The van der Waals surface area contributed by atoms with Crippen LogP contribution in [0.15, 0.2) is 42.9 Å². The summed E-state index contributed by atoms with van der Waals surface area (Å²) in [7, 11) is 1.32. The van der Waals surface area contributed by atoms with Crippen LogP contribution in [0.4, 0.5) is 4.39 Å². The van der Waals surface area contributed by atoms with E-state index in [0.717, 1.165) is 0 Å². The fourth-order valence-electron chi connectivity index (χ4n) is 3.69. The molecule has 0 aliphatic heterocycles. The third kappa shape index (κ3) is 3.85. The van der Waals surface area contributed by atoms with Crippen molar-refractivity contribution in [2.45, 2.75) is 26.3 Å². The molecule has 0 radical (unpaired) electrons. The third-order valence-electron chi connectivity index (χ3n) is 5.65. The fraction of sp³-hybridized carbons (Fsp3) is 0.208. The van der Waals surface area contributed by atoms with E-state index in [1.807, 2.05) is 0 Å². The smallest absolute Gasteiger partial charge is 0.333 e. The number of aromatic nitrogens is 6. The molecular formula is C24H20ClFN6O3. The molecule has 0 saturated carbocycles. The summed E-state index contributed by atoms with van der Waals surface area (Å²) in [6.07, 6.45) is 4.84. The maximum Gasteiger partial charge on any atom is 0.333 e. The number of fused-ring (bicyclic) bond motifs is 2. The van der Waals surface area contributed by atoms with E-state index in [1.54, 1.807) is 57.6 Å². The van der Waals surface area contributed by atoms with E-state index in [0.29, 0.717) is 33.6 Å². The van der Waals surface area contributed by atoms with Crippen LogP contribution in [0.5, 0.6) is 11.5 Å². The van der Waals surface area contributed by atoms with Crippen molar-refractivity contribution in [1.82, 2.24) is 29.7 Å². The number of aromatic amines is 1. The van der Waals surface area contributed by atoms with Crippen molar-refractivity contribution in [3.05, 3.63) is 59.5 Å². The Morgan fingerprint density at radius 2 is 1.89 bits per heavy atom. The number of hydrogen-bond donors (Lipinski definition) is 1. The zero-order valence-electron chi connectivity index (χ0n) is 19.3. The SMILES string of the molecule is COC(=O)C(C)(C)n1cc(-c2cnc3ccc(Oc4ccc5[nH]c(C)nc5c4F)c(Cl)c3n2)cn1. The van der Waals surface area contributed by atoms with Gasteiger partial charge in [0.2, 0.25) is 0 Å². The van der Waals surface area contributed by atoms with Gasteiger partial charge in [-0.3, -0.25) is 9.67 Å². The second-order valence-electron chi connectivity index (χ2n) is 8.42. The van der Waals surface area contributed by atoms with Crippen molar-refractivity contribution in [2.24, 2.45) is 0 Å². The summed E-state index contributed by atoms with van der Waals surface area (Å²) in [5.74, 6) is -0.222. The van der Waals surface area contributed by atoms with Crippen LogP contribution in [0.25, 0.3) is 33.3 Å². The number of rotatable bonds is 5. The van der Waals surface area contributed by atoms with E-state index < -0.39 is 17.3 Å². The van der Waals surface area contributed by atoms with Gasteiger partial charge in [0.25, 0.3) is 0 Å². The summed E-state index contributed by atoms with van der Waals surface area (Å²) in [4.78, 5) is 28.3. The number of esters is 1. The quantitative estimate of drug-likeness (QED) is 0.336. The first kappa shape index (κ1) is 22.7. The molecule has 0 aliphatic carbocycles. The lowest BCUT2D eigenvalue weighted by molar-refractivity contribution is -0.150. The minimum atomic E-state index is -1.01. The van der Waals surface area contributed by atoms with Gasteiger partial charge in [-0.1, -0.05) is 11.6 Å². The minimum absolute atomic E-state index is 0.0133. The van der Waals surface area contributed by atoms with Gasteiger partial charge in [0, 0.05) is 11.8 Å². The molecule has 0 saturated heterocycles. The molecule has 3 aromatic heterocycles. The summed E-state index contributed by atoms with van der Waals surface area (Å²) in [5.41, 5.74) is 1.78. The highest BCUT2D eigenvalue weighted by Crippen LogP contribution is 2.37. The molecule has 3 heterocycles. The Bertz CT molecular complexity index is 1610. The Morgan fingerprint density at radius 3 is 2.66 bits per heavy atom. The average molecular weight is 495 g/mol. The van der Waals surface area contributed by atoms with E-state index in [2.05, 4.69) is 25.0 Å². The molecule has 0 atom stereocenters. The fourth-order valence-corrected chi connectivity index (χ4v) is 3.93. The van der Waals surface area contributed by atoms with Gasteiger partial charge in [-0.05, 0) is 45.0 Å². The first-order chi connectivity index (χ1) is 16.7. The lowest BCUT2D eigenvalue weighted by atomic mass is 10.1. The molecule has 0 spiro atoms. The average Bonchev–Trinajstić information content (AvgIpc) is 3.49. The van der Waals surface area contributed by atoms with Crippen LogP contribution in [0.1, 0.15) is 19.7 Å². The van der Waals surface area contributed by atoms with Crippen LogP contribution in [-0.4, -0.2) is 42.8 Å². The molecule has 0 aliphatic rings. The summed E-state index contributed by atoms with van der Waals surface area (Å²) in [6.45, 7) is 5.14. The number of halogens is 2. The van der Waals surface area contributed by atoms with Crippen LogP contribution in [0, 0.1) is 12.7 Å². The number of ether oxygens (including phenoxy) is 2. The molecule has 5 rings (SSSR count). The molecule has 35 heavy (non-hydrogen) atoms. The number of methoxy groups -OCH3 is 1. The number of hydrogen-bond acceptors (Lipinski definition) is 7. The van der Waals surface area contributed by atoms with E-state index in [9.17, 15) is 9.18 Å². The van der Waals surface area contributed by atoms with Crippen molar-refractivity contribution in [3.8, 4) is 22.8 Å². The Kier molecular flexibility index (Phi) is 5.40. The lowest BCUT2D eigenvalue weighted by Gasteiger charge is -2.21. The van der Waals surface area contributed by atoms with Gasteiger partial charge in [-0.25, -0.2) is 19.2 Å². The number of nitrogens with zero attached hydrogens (tertiary/aromatic N) is 5. The molecule has 5 aromatic rings. The molecule has 178 valence electrons. The molecule has 0 amide bonds. The Hall–Kier alpha value is -4.05. The van der Waals surface area contributed by atoms with Crippen LogP contribution >= 0.6 is 11.6 Å². The first-order valence-corrected chi connectivity index (χ1v) is 11.0. The predicted octanol–water partition coefficient (Wildman–Crippen LogP) is 5.17. The minimum Gasteiger partial charge on any atom is -0.467 e. The van der Waals surface area contributed by atoms with Crippen molar-refractivity contribution in [2.75, 3.05) is 7.11 Å². The van der Waals surface area contributed by atoms with Gasteiger partial charge in [-0.15, -0.1) is 0 Å². The third-order valence-corrected chi connectivity index (χ3v) is 6.01. The predicted molar refractivity (Wildman–Crippen MR) is 128 cm³/mol. The standard InChI is InChI=1S/C24H20ClFN6O3/c1-12-29-15-6-8-18(20(26)22(15)30-12)35-17-7-5-14-21(19(17)25)31-16(10-27-14)13-9-28-32(11-13)24(2,3)23(33)34-4/h5-11H,1-4H3,(H,29,30). The molecule has 0 fully saturated rings. The van der Waals surface area contributed by atoms with Gasteiger partial charge < -0.3 is 14.5 Å². The monoisotopic (exact) mass is 494 g/mol. The van der Waals surface area contributed by atoms with Crippen molar-refractivity contribution in [1.29, 1.82) is 0 Å². The number of carbonyl (C=O) groups excluding carboxylic acids is 1. The lowest BCUT2D eigenvalue weighted by Crippen LogP contribution is -2.37. The number of benzene rings is 2. The zero-order chi connectivity index (χ0) is 24.9. The van der Waals surface area contributed by atoms with Crippen molar-refractivity contribution < 1.29 is 18.7 Å². The van der Waals surface area contributed by atoms with Gasteiger partial charge in [0.15, 0.2) is 17.1 Å². The van der Waals surface area contributed by atoms with Gasteiger partial charge in [0.1, 0.15) is 27.6 Å². The first-order valence-electron chi connectivity index (χ1n) is 10.6. The van der Waals surface area contributed by atoms with Gasteiger partial charge in [0.05, 0.1) is 36.2 Å². The number of imidazole rings is 1. The topological polar surface area (TPSA) is 108 Å². The second-order valence-corrected chi connectivity index (χ2v) is 8.80. The molecule has 9 nitrogen and oxygen atoms in total. The highest BCUT2D eigenvalue weighted by molar-refractivity contribution is 6.36. The number of aryl methyl sites for hydroxylation is 1. The molecule has 0 bridgehead atoms.